The van der Waals surface area contributed by atoms with Crippen LogP contribution in [0.1, 0.15) is 22.6 Å². The zero-order valence-corrected chi connectivity index (χ0v) is 12.9. The highest BCUT2D eigenvalue weighted by Gasteiger charge is 2.17. The van der Waals surface area contributed by atoms with Crippen LogP contribution in [0.4, 0.5) is 0 Å². The SMILES string of the molecule is COc1ccc2c(c1)CCN(Cc1ncc(C)[nH]1)C2.O=CO. The Morgan fingerprint density at radius 1 is 1.45 bits per heavy atom. The molecule has 1 aromatic heterocycles. The maximum Gasteiger partial charge on any atom is 0.290 e. The topological polar surface area (TPSA) is 78.5 Å². The lowest BCUT2D eigenvalue weighted by Gasteiger charge is -2.28. The van der Waals surface area contributed by atoms with Crippen LogP contribution in [0.5, 0.6) is 5.75 Å². The van der Waals surface area contributed by atoms with Crippen molar-refractivity contribution < 1.29 is 14.6 Å². The number of fused-ring (bicyclic) bond motifs is 1. The summed E-state index contributed by atoms with van der Waals surface area (Å²) in [6, 6.07) is 6.37. The van der Waals surface area contributed by atoms with E-state index in [4.69, 9.17) is 14.6 Å². The molecule has 0 spiro atoms. The molecule has 0 bridgehead atoms. The summed E-state index contributed by atoms with van der Waals surface area (Å²) in [6.45, 7) is 4.73. The number of nitrogens with one attached hydrogen (secondary N) is 1. The molecule has 6 nitrogen and oxygen atoms in total. The van der Waals surface area contributed by atoms with E-state index in [-0.39, 0.29) is 6.47 Å². The summed E-state index contributed by atoms with van der Waals surface area (Å²) in [4.78, 5) is 18.5. The molecule has 0 fully saturated rings. The number of aromatic nitrogens is 2. The van der Waals surface area contributed by atoms with Crippen molar-refractivity contribution in [1.29, 1.82) is 0 Å². The van der Waals surface area contributed by atoms with Gasteiger partial charge in [-0.15, -0.1) is 0 Å². The van der Waals surface area contributed by atoms with Gasteiger partial charge in [0.1, 0.15) is 11.6 Å². The number of H-pyrrole nitrogens is 1. The summed E-state index contributed by atoms with van der Waals surface area (Å²) in [5.41, 5.74) is 3.93. The summed E-state index contributed by atoms with van der Waals surface area (Å²) in [6.07, 6.45) is 2.96. The highest BCUT2D eigenvalue weighted by atomic mass is 16.5. The molecule has 1 aromatic carbocycles. The first-order chi connectivity index (χ1) is 10.7. The lowest BCUT2D eigenvalue weighted by molar-refractivity contribution is -0.122. The molecular formula is C16H21N3O3. The number of hydrogen-bond donors (Lipinski definition) is 2. The highest BCUT2D eigenvalue weighted by Crippen LogP contribution is 2.24. The molecule has 1 aliphatic heterocycles. The van der Waals surface area contributed by atoms with Crippen molar-refractivity contribution >= 4 is 6.47 Å². The largest absolute Gasteiger partial charge is 0.497 e. The van der Waals surface area contributed by atoms with Crippen molar-refractivity contribution in [3.05, 3.63) is 47.0 Å². The lowest BCUT2D eigenvalue weighted by Crippen LogP contribution is -2.30. The van der Waals surface area contributed by atoms with Gasteiger partial charge in [-0.1, -0.05) is 6.07 Å². The fourth-order valence-corrected chi connectivity index (χ4v) is 2.61. The Bertz CT molecular complexity index is 625. The number of methoxy groups -OCH3 is 1. The number of benzene rings is 1. The summed E-state index contributed by atoms with van der Waals surface area (Å²) in [5.74, 6) is 2.00. The van der Waals surface area contributed by atoms with E-state index in [0.29, 0.717) is 0 Å². The first-order valence-corrected chi connectivity index (χ1v) is 7.12. The Morgan fingerprint density at radius 2 is 2.23 bits per heavy atom. The van der Waals surface area contributed by atoms with Gasteiger partial charge in [0, 0.05) is 25.0 Å². The van der Waals surface area contributed by atoms with Crippen LogP contribution in [0.15, 0.2) is 24.4 Å². The molecule has 0 amide bonds. The van der Waals surface area contributed by atoms with Crippen molar-refractivity contribution in [2.75, 3.05) is 13.7 Å². The maximum absolute atomic E-state index is 8.36. The van der Waals surface area contributed by atoms with Crippen LogP contribution >= 0.6 is 0 Å². The van der Waals surface area contributed by atoms with E-state index in [1.807, 2.05) is 19.2 Å². The van der Waals surface area contributed by atoms with Crippen molar-refractivity contribution in [2.24, 2.45) is 0 Å². The van der Waals surface area contributed by atoms with E-state index in [1.165, 1.54) is 11.1 Å². The number of hydrogen-bond acceptors (Lipinski definition) is 4. The molecule has 0 radical (unpaired) electrons. The standard InChI is InChI=1S/C15H19N3O.CH2O2/c1-11-8-16-15(17-11)10-18-6-5-12-7-14(19-2)4-3-13(12)9-18;2-1-3/h3-4,7-8H,5-6,9-10H2,1-2H3,(H,16,17);1H,(H,2,3). The third-order valence-corrected chi connectivity index (χ3v) is 3.63. The first-order valence-electron chi connectivity index (χ1n) is 7.12. The minimum atomic E-state index is -0.250. The monoisotopic (exact) mass is 303 g/mol. The number of rotatable bonds is 3. The second-order valence-corrected chi connectivity index (χ2v) is 5.21. The number of ether oxygens (including phenoxy) is 1. The molecule has 0 aliphatic carbocycles. The van der Waals surface area contributed by atoms with E-state index in [2.05, 4.69) is 27.0 Å². The molecule has 0 atom stereocenters. The van der Waals surface area contributed by atoms with Gasteiger partial charge in [0.05, 0.1) is 13.7 Å². The fraction of sp³-hybridized carbons (Fsp3) is 0.375. The number of nitrogens with zero attached hydrogens (tertiary/aromatic N) is 2. The van der Waals surface area contributed by atoms with Crippen LogP contribution in [0, 0.1) is 6.92 Å². The molecule has 2 N–H and O–H groups in total. The summed E-state index contributed by atoms with van der Waals surface area (Å²) < 4.78 is 5.28. The van der Waals surface area contributed by atoms with Gasteiger partial charge < -0.3 is 14.8 Å². The molecule has 0 unspecified atom stereocenters. The van der Waals surface area contributed by atoms with Gasteiger partial charge in [0.2, 0.25) is 0 Å². The maximum atomic E-state index is 8.36. The Hall–Kier alpha value is -2.34. The average Bonchev–Trinajstić information content (AvgIpc) is 2.92. The van der Waals surface area contributed by atoms with E-state index in [9.17, 15) is 0 Å². The lowest BCUT2D eigenvalue weighted by atomic mass is 9.99. The third kappa shape index (κ3) is 4.08. The van der Waals surface area contributed by atoms with Gasteiger partial charge in [-0.3, -0.25) is 9.69 Å². The second-order valence-electron chi connectivity index (χ2n) is 5.21. The molecule has 3 rings (SSSR count). The quantitative estimate of drug-likeness (QED) is 0.848. The van der Waals surface area contributed by atoms with Crippen molar-refractivity contribution in [3.63, 3.8) is 0 Å². The average molecular weight is 303 g/mol. The van der Waals surface area contributed by atoms with Gasteiger partial charge >= 0.3 is 0 Å². The Morgan fingerprint density at radius 3 is 2.86 bits per heavy atom. The number of imidazole rings is 1. The van der Waals surface area contributed by atoms with Gasteiger partial charge in [0.15, 0.2) is 0 Å². The number of aryl methyl sites for hydroxylation is 1. The Balaban J connectivity index is 0.000000545. The predicted octanol–water partition coefficient (Wildman–Crippen LogP) is 1.99. The Labute approximate surface area is 129 Å². The minimum Gasteiger partial charge on any atom is -0.497 e. The van der Waals surface area contributed by atoms with Crippen LogP contribution in [0.2, 0.25) is 0 Å². The molecule has 2 aromatic rings. The van der Waals surface area contributed by atoms with Gasteiger partial charge in [-0.05, 0) is 36.6 Å². The van der Waals surface area contributed by atoms with Crippen LogP contribution in [0.25, 0.3) is 0 Å². The highest BCUT2D eigenvalue weighted by molar-refractivity contribution is 5.37. The zero-order chi connectivity index (χ0) is 15.9. The first kappa shape index (κ1) is 16.0. The smallest absolute Gasteiger partial charge is 0.290 e. The summed E-state index contributed by atoms with van der Waals surface area (Å²) in [5, 5.41) is 6.89. The molecule has 1 aliphatic rings. The van der Waals surface area contributed by atoms with E-state index < -0.39 is 0 Å². The van der Waals surface area contributed by atoms with Gasteiger partial charge in [-0.25, -0.2) is 4.98 Å². The molecular weight excluding hydrogens is 282 g/mol. The van der Waals surface area contributed by atoms with Crippen molar-refractivity contribution in [2.45, 2.75) is 26.4 Å². The van der Waals surface area contributed by atoms with Gasteiger partial charge in [-0.2, -0.15) is 0 Å². The number of carboxylic acid groups (broad SMARTS) is 1. The van der Waals surface area contributed by atoms with Gasteiger partial charge in [0.25, 0.3) is 6.47 Å². The van der Waals surface area contributed by atoms with Crippen LogP contribution in [-0.2, 0) is 24.3 Å². The molecule has 6 heteroatoms. The molecule has 22 heavy (non-hydrogen) atoms. The normalized spacial score (nSPS) is 13.7. The van der Waals surface area contributed by atoms with Crippen LogP contribution in [-0.4, -0.2) is 40.1 Å². The third-order valence-electron chi connectivity index (χ3n) is 3.63. The minimum absolute atomic E-state index is 0.250. The molecule has 2 heterocycles. The Kier molecular flexibility index (Phi) is 5.55. The fourth-order valence-electron chi connectivity index (χ4n) is 2.61. The number of carbonyl (C=O) groups is 1. The number of aromatic amines is 1. The zero-order valence-electron chi connectivity index (χ0n) is 12.9. The second kappa shape index (κ2) is 7.61. The molecule has 118 valence electrons. The molecule has 0 saturated carbocycles. The predicted molar refractivity (Wildman–Crippen MR) is 82.8 cm³/mol. The van der Waals surface area contributed by atoms with Crippen LogP contribution < -0.4 is 4.74 Å². The van der Waals surface area contributed by atoms with E-state index in [1.54, 1.807) is 7.11 Å². The summed E-state index contributed by atoms with van der Waals surface area (Å²) >= 11 is 0. The summed E-state index contributed by atoms with van der Waals surface area (Å²) in [7, 11) is 1.72. The van der Waals surface area contributed by atoms with Crippen LogP contribution in [0.3, 0.4) is 0 Å². The van der Waals surface area contributed by atoms with Crippen molar-refractivity contribution in [1.82, 2.24) is 14.9 Å². The van der Waals surface area contributed by atoms with Crippen molar-refractivity contribution in [3.8, 4) is 5.75 Å². The van der Waals surface area contributed by atoms with E-state index in [0.717, 1.165) is 43.3 Å². The molecule has 0 saturated heterocycles. The van der Waals surface area contributed by atoms with E-state index >= 15 is 0 Å².